The highest BCUT2D eigenvalue weighted by Crippen LogP contribution is 2.19. The maximum absolute atomic E-state index is 11.6. The Hall–Kier alpha value is -1.66. The molecule has 1 saturated heterocycles. The number of carbonyl (C=O) groups is 1. The van der Waals surface area contributed by atoms with Crippen LogP contribution in [0.2, 0.25) is 0 Å². The van der Waals surface area contributed by atoms with Gasteiger partial charge in [0.2, 0.25) is 5.91 Å². The van der Waals surface area contributed by atoms with Crippen LogP contribution in [-0.4, -0.2) is 35.9 Å². The maximum atomic E-state index is 11.6. The maximum Gasteiger partial charge on any atom is 0.222 e. The number of amides is 1. The minimum atomic E-state index is 0.159. The Balaban J connectivity index is 1.86. The summed E-state index contributed by atoms with van der Waals surface area (Å²) >= 11 is 0. The van der Waals surface area contributed by atoms with E-state index in [4.69, 9.17) is 5.84 Å². The predicted molar refractivity (Wildman–Crippen MR) is 74.1 cm³/mol. The number of piperidine rings is 1. The average Bonchev–Trinajstić information content (AvgIpc) is 2.47. The number of hydrogen-bond acceptors (Lipinski definition) is 5. The summed E-state index contributed by atoms with van der Waals surface area (Å²) in [4.78, 5) is 18.3. The molecule has 6 heteroatoms. The van der Waals surface area contributed by atoms with Crippen LogP contribution < -0.4 is 16.6 Å². The van der Waals surface area contributed by atoms with Gasteiger partial charge in [0, 0.05) is 19.5 Å². The number of nitrogens with zero attached hydrogens (tertiary/aromatic N) is 2. The number of nitrogen functional groups attached to an aromatic ring is 1. The topological polar surface area (TPSA) is 83.3 Å². The zero-order valence-corrected chi connectivity index (χ0v) is 11.2. The van der Waals surface area contributed by atoms with Crippen LogP contribution in [0.25, 0.3) is 0 Å². The van der Waals surface area contributed by atoms with E-state index < -0.39 is 0 Å². The van der Waals surface area contributed by atoms with Crippen molar-refractivity contribution in [3.05, 3.63) is 23.9 Å². The molecule has 1 amide bonds. The minimum absolute atomic E-state index is 0.159. The Labute approximate surface area is 113 Å². The van der Waals surface area contributed by atoms with E-state index in [1.54, 1.807) is 7.05 Å². The molecule has 104 valence electrons. The molecule has 19 heavy (non-hydrogen) atoms. The van der Waals surface area contributed by atoms with Crippen LogP contribution in [0.3, 0.4) is 0 Å². The van der Waals surface area contributed by atoms with Gasteiger partial charge in [-0.2, -0.15) is 0 Å². The Bertz CT molecular complexity index is 429. The average molecular weight is 263 g/mol. The number of nitrogens with one attached hydrogen (secondary N) is 2. The van der Waals surface area contributed by atoms with Crippen molar-refractivity contribution in [2.45, 2.75) is 19.4 Å². The van der Waals surface area contributed by atoms with E-state index in [1.165, 1.54) is 0 Å². The number of anilines is 1. The quantitative estimate of drug-likeness (QED) is 0.538. The lowest BCUT2D eigenvalue weighted by Gasteiger charge is -2.30. The molecule has 0 unspecified atom stereocenters. The van der Waals surface area contributed by atoms with Crippen molar-refractivity contribution in [3.8, 4) is 0 Å². The van der Waals surface area contributed by atoms with E-state index in [-0.39, 0.29) is 11.8 Å². The summed E-state index contributed by atoms with van der Waals surface area (Å²) in [5.74, 6) is 6.34. The highest BCUT2D eigenvalue weighted by atomic mass is 16.1. The predicted octanol–water partition coefficient (Wildman–Crippen LogP) is 0.325. The Morgan fingerprint density at radius 1 is 1.47 bits per heavy atom. The van der Waals surface area contributed by atoms with Gasteiger partial charge in [-0.15, -0.1) is 0 Å². The van der Waals surface area contributed by atoms with Crippen LogP contribution >= 0.6 is 0 Å². The van der Waals surface area contributed by atoms with Gasteiger partial charge in [0.05, 0.1) is 5.69 Å². The standard InChI is InChI=1S/C13H21N5O/c1-15-13(19)10-5-7-18(8-6-10)9-11-3-2-4-12(16-11)17-14/h2-4,10H,5-9,14H2,1H3,(H,15,19)(H,16,17). The van der Waals surface area contributed by atoms with Crippen molar-refractivity contribution in [2.75, 3.05) is 25.6 Å². The van der Waals surface area contributed by atoms with Gasteiger partial charge in [0.1, 0.15) is 5.82 Å². The molecule has 0 bridgehead atoms. The fourth-order valence-corrected chi connectivity index (χ4v) is 2.43. The van der Waals surface area contributed by atoms with Crippen LogP contribution in [0.5, 0.6) is 0 Å². The second-order valence-electron chi connectivity index (χ2n) is 4.82. The van der Waals surface area contributed by atoms with Crippen molar-refractivity contribution in [3.63, 3.8) is 0 Å². The van der Waals surface area contributed by atoms with Gasteiger partial charge in [0.25, 0.3) is 0 Å². The van der Waals surface area contributed by atoms with Crippen molar-refractivity contribution in [1.82, 2.24) is 15.2 Å². The lowest BCUT2D eigenvalue weighted by molar-refractivity contribution is -0.125. The van der Waals surface area contributed by atoms with E-state index in [2.05, 4.69) is 20.6 Å². The Morgan fingerprint density at radius 2 is 2.21 bits per heavy atom. The first-order valence-electron chi connectivity index (χ1n) is 6.59. The van der Waals surface area contributed by atoms with Crippen molar-refractivity contribution >= 4 is 11.7 Å². The molecule has 2 heterocycles. The first-order valence-corrected chi connectivity index (χ1v) is 6.59. The molecular weight excluding hydrogens is 242 g/mol. The van der Waals surface area contributed by atoms with Crippen molar-refractivity contribution < 1.29 is 4.79 Å². The molecule has 0 aromatic carbocycles. The van der Waals surface area contributed by atoms with E-state index in [0.717, 1.165) is 38.2 Å². The fraction of sp³-hybridized carbons (Fsp3) is 0.538. The number of nitrogens with two attached hydrogens (primary N) is 1. The molecule has 1 aromatic rings. The SMILES string of the molecule is CNC(=O)C1CCN(Cc2cccc(NN)n2)CC1. The number of aromatic nitrogens is 1. The third kappa shape index (κ3) is 3.65. The summed E-state index contributed by atoms with van der Waals surface area (Å²) in [5.41, 5.74) is 3.55. The molecule has 0 spiro atoms. The molecule has 0 aliphatic carbocycles. The monoisotopic (exact) mass is 263 g/mol. The van der Waals surface area contributed by atoms with Crippen molar-refractivity contribution in [1.29, 1.82) is 0 Å². The zero-order valence-electron chi connectivity index (χ0n) is 11.2. The molecular formula is C13H21N5O. The lowest BCUT2D eigenvalue weighted by atomic mass is 9.96. The molecule has 4 N–H and O–H groups in total. The first-order chi connectivity index (χ1) is 9.22. The largest absolute Gasteiger partial charge is 0.359 e. The van der Waals surface area contributed by atoms with E-state index in [0.29, 0.717) is 5.82 Å². The van der Waals surface area contributed by atoms with Crippen LogP contribution in [0, 0.1) is 5.92 Å². The van der Waals surface area contributed by atoms with E-state index in [1.807, 2.05) is 18.2 Å². The molecule has 1 fully saturated rings. The number of rotatable bonds is 4. The number of likely N-dealkylation sites (tertiary alicyclic amines) is 1. The summed E-state index contributed by atoms with van der Waals surface area (Å²) in [6, 6.07) is 5.77. The molecule has 0 saturated carbocycles. The van der Waals surface area contributed by atoms with Gasteiger partial charge < -0.3 is 10.7 Å². The van der Waals surface area contributed by atoms with Crippen molar-refractivity contribution in [2.24, 2.45) is 11.8 Å². The molecule has 2 rings (SSSR count). The fourth-order valence-electron chi connectivity index (χ4n) is 2.43. The smallest absolute Gasteiger partial charge is 0.222 e. The lowest BCUT2D eigenvalue weighted by Crippen LogP contribution is -2.39. The highest BCUT2D eigenvalue weighted by molar-refractivity contribution is 5.78. The number of pyridine rings is 1. The summed E-state index contributed by atoms with van der Waals surface area (Å²) < 4.78 is 0. The second-order valence-corrected chi connectivity index (χ2v) is 4.82. The normalized spacial score (nSPS) is 17.2. The Morgan fingerprint density at radius 3 is 2.84 bits per heavy atom. The molecule has 0 atom stereocenters. The van der Waals surface area contributed by atoms with Gasteiger partial charge >= 0.3 is 0 Å². The third-order valence-electron chi connectivity index (χ3n) is 3.55. The summed E-state index contributed by atoms with van der Waals surface area (Å²) in [7, 11) is 1.70. The first kappa shape index (κ1) is 13.8. The summed E-state index contributed by atoms with van der Waals surface area (Å²) in [6.07, 6.45) is 1.82. The number of carbonyl (C=O) groups excluding carboxylic acids is 1. The summed E-state index contributed by atoms with van der Waals surface area (Å²) in [5, 5.41) is 2.72. The van der Waals surface area contributed by atoms with Gasteiger partial charge in [-0.25, -0.2) is 10.8 Å². The van der Waals surface area contributed by atoms with Crippen LogP contribution in [0.4, 0.5) is 5.82 Å². The third-order valence-corrected chi connectivity index (χ3v) is 3.55. The molecule has 1 aliphatic heterocycles. The molecule has 1 aromatic heterocycles. The zero-order chi connectivity index (χ0) is 13.7. The highest BCUT2D eigenvalue weighted by Gasteiger charge is 2.24. The molecule has 6 nitrogen and oxygen atoms in total. The van der Waals surface area contributed by atoms with Gasteiger partial charge in [-0.3, -0.25) is 9.69 Å². The van der Waals surface area contributed by atoms with Gasteiger partial charge in [0.15, 0.2) is 0 Å². The van der Waals surface area contributed by atoms with Crippen LogP contribution in [0.15, 0.2) is 18.2 Å². The van der Waals surface area contributed by atoms with E-state index in [9.17, 15) is 4.79 Å². The number of hydrogen-bond donors (Lipinski definition) is 3. The minimum Gasteiger partial charge on any atom is -0.359 e. The molecule has 0 radical (unpaired) electrons. The van der Waals surface area contributed by atoms with Gasteiger partial charge in [-0.1, -0.05) is 6.07 Å². The second kappa shape index (κ2) is 6.49. The summed E-state index contributed by atoms with van der Waals surface area (Å²) in [6.45, 7) is 2.66. The van der Waals surface area contributed by atoms with Crippen LogP contribution in [0.1, 0.15) is 18.5 Å². The molecule has 1 aliphatic rings. The number of hydrazine groups is 1. The van der Waals surface area contributed by atoms with E-state index >= 15 is 0 Å². The Kier molecular flexibility index (Phi) is 4.70. The van der Waals surface area contributed by atoms with Crippen LogP contribution in [-0.2, 0) is 11.3 Å². The van der Waals surface area contributed by atoms with Gasteiger partial charge in [-0.05, 0) is 38.1 Å².